The van der Waals surface area contributed by atoms with E-state index in [4.69, 9.17) is 4.74 Å². The van der Waals surface area contributed by atoms with Crippen LogP contribution in [0.2, 0.25) is 0 Å². The Kier molecular flexibility index (Phi) is 5.87. The average molecular weight is 261 g/mol. The van der Waals surface area contributed by atoms with Crippen LogP contribution in [-0.2, 0) is 11.2 Å². The van der Waals surface area contributed by atoms with Gasteiger partial charge >= 0.3 is 0 Å². The Hall–Kier alpha value is -0.860. The predicted octanol–water partition coefficient (Wildman–Crippen LogP) is 3.51. The fourth-order valence-corrected chi connectivity index (χ4v) is 3.08. The van der Waals surface area contributed by atoms with Crippen LogP contribution in [-0.4, -0.2) is 25.8 Å². The van der Waals surface area contributed by atoms with Crippen molar-refractivity contribution in [2.75, 3.05) is 19.8 Å². The summed E-state index contributed by atoms with van der Waals surface area (Å²) in [4.78, 5) is 0. The van der Waals surface area contributed by atoms with Gasteiger partial charge in [-0.3, -0.25) is 0 Å². The first-order valence-electron chi connectivity index (χ1n) is 7.74. The molecule has 0 saturated carbocycles. The second-order valence-electron chi connectivity index (χ2n) is 5.43. The summed E-state index contributed by atoms with van der Waals surface area (Å²) in [5.41, 5.74) is 3.13. The third-order valence-corrected chi connectivity index (χ3v) is 4.07. The SMILES string of the molecule is CCNC(CCCOCC)CC1Cc2ccccc21. The Morgan fingerprint density at radius 3 is 2.89 bits per heavy atom. The minimum Gasteiger partial charge on any atom is -0.382 e. The smallest absolute Gasteiger partial charge is 0.0466 e. The molecule has 106 valence electrons. The van der Waals surface area contributed by atoms with Gasteiger partial charge in [-0.15, -0.1) is 0 Å². The van der Waals surface area contributed by atoms with Crippen LogP contribution in [0.25, 0.3) is 0 Å². The number of hydrogen-bond acceptors (Lipinski definition) is 2. The van der Waals surface area contributed by atoms with Crippen LogP contribution < -0.4 is 5.32 Å². The zero-order valence-electron chi connectivity index (χ0n) is 12.3. The number of hydrogen-bond donors (Lipinski definition) is 1. The summed E-state index contributed by atoms with van der Waals surface area (Å²) < 4.78 is 5.44. The van der Waals surface area contributed by atoms with Crippen LogP contribution >= 0.6 is 0 Å². The lowest BCUT2D eigenvalue weighted by Crippen LogP contribution is -2.33. The summed E-state index contributed by atoms with van der Waals surface area (Å²) in [6.45, 7) is 7.06. The van der Waals surface area contributed by atoms with E-state index in [1.54, 1.807) is 11.1 Å². The minimum atomic E-state index is 0.642. The monoisotopic (exact) mass is 261 g/mol. The summed E-state index contributed by atoms with van der Waals surface area (Å²) in [6.07, 6.45) is 4.94. The Bertz CT molecular complexity index is 377. The molecule has 1 N–H and O–H groups in total. The van der Waals surface area contributed by atoms with Crippen molar-refractivity contribution in [3.63, 3.8) is 0 Å². The maximum Gasteiger partial charge on any atom is 0.0466 e. The second kappa shape index (κ2) is 7.66. The third kappa shape index (κ3) is 4.05. The highest BCUT2D eigenvalue weighted by atomic mass is 16.5. The number of fused-ring (bicyclic) bond motifs is 1. The normalized spacial score (nSPS) is 18.7. The van der Waals surface area contributed by atoms with Gasteiger partial charge in [-0.25, -0.2) is 0 Å². The molecule has 0 amide bonds. The highest BCUT2D eigenvalue weighted by molar-refractivity contribution is 5.39. The molecule has 1 aromatic rings. The molecule has 2 nitrogen and oxygen atoms in total. The van der Waals surface area contributed by atoms with E-state index in [-0.39, 0.29) is 0 Å². The molecule has 0 radical (unpaired) electrons. The Labute approximate surface area is 117 Å². The first-order chi connectivity index (χ1) is 9.35. The van der Waals surface area contributed by atoms with Crippen LogP contribution in [0.1, 0.15) is 50.2 Å². The van der Waals surface area contributed by atoms with Crippen molar-refractivity contribution in [3.05, 3.63) is 35.4 Å². The van der Waals surface area contributed by atoms with Crippen LogP contribution in [0.5, 0.6) is 0 Å². The Balaban J connectivity index is 1.78. The highest BCUT2D eigenvalue weighted by Gasteiger charge is 2.27. The zero-order chi connectivity index (χ0) is 13.5. The number of ether oxygens (including phenoxy) is 1. The lowest BCUT2D eigenvalue weighted by molar-refractivity contribution is 0.140. The topological polar surface area (TPSA) is 21.3 Å². The van der Waals surface area contributed by atoms with Gasteiger partial charge in [0.1, 0.15) is 0 Å². The largest absolute Gasteiger partial charge is 0.382 e. The maximum atomic E-state index is 5.44. The van der Waals surface area contributed by atoms with Gasteiger partial charge in [0.2, 0.25) is 0 Å². The number of nitrogens with one attached hydrogen (secondary N) is 1. The standard InChI is InChI=1S/C17H27NO/c1-3-18-16(9-7-11-19-4-2)13-15-12-14-8-5-6-10-17(14)15/h5-6,8,10,15-16,18H,3-4,7,9,11-13H2,1-2H3. The summed E-state index contributed by atoms with van der Waals surface area (Å²) >= 11 is 0. The fourth-order valence-electron chi connectivity index (χ4n) is 3.08. The lowest BCUT2D eigenvalue weighted by Gasteiger charge is -2.33. The van der Waals surface area contributed by atoms with E-state index in [9.17, 15) is 0 Å². The molecule has 0 aliphatic heterocycles. The van der Waals surface area contributed by atoms with Gasteiger partial charge < -0.3 is 10.1 Å². The average Bonchev–Trinajstić information content (AvgIpc) is 2.40. The van der Waals surface area contributed by atoms with Crippen molar-refractivity contribution in [1.82, 2.24) is 5.32 Å². The molecular formula is C17H27NO. The van der Waals surface area contributed by atoms with Crippen molar-refractivity contribution >= 4 is 0 Å². The van der Waals surface area contributed by atoms with Crippen molar-refractivity contribution < 1.29 is 4.74 Å². The molecule has 1 aromatic carbocycles. The molecule has 0 bridgehead atoms. The van der Waals surface area contributed by atoms with E-state index < -0.39 is 0 Å². The Morgan fingerprint density at radius 1 is 1.32 bits per heavy atom. The van der Waals surface area contributed by atoms with E-state index in [1.165, 1.54) is 25.7 Å². The van der Waals surface area contributed by atoms with Gasteiger partial charge in [0.05, 0.1) is 0 Å². The van der Waals surface area contributed by atoms with Crippen molar-refractivity contribution in [1.29, 1.82) is 0 Å². The van der Waals surface area contributed by atoms with Crippen LogP contribution in [0.3, 0.4) is 0 Å². The molecular weight excluding hydrogens is 234 g/mol. The van der Waals surface area contributed by atoms with Crippen LogP contribution in [0.15, 0.2) is 24.3 Å². The quantitative estimate of drug-likeness (QED) is 0.687. The zero-order valence-corrected chi connectivity index (χ0v) is 12.3. The van der Waals surface area contributed by atoms with Crippen LogP contribution in [0, 0.1) is 0 Å². The molecule has 0 spiro atoms. The van der Waals surface area contributed by atoms with Gasteiger partial charge in [0.25, 0.3) is 0 Å². The molecule has 0 saturated heterocycles. The van der Waals surface area contributed by atoms with Gasteiger partial charge in [0.15, 0.2) is 0 Å². The summed E-state index contributed by atoms with van der Waals surface area (Å²) in [7, 11) is 0. The van der Waals surface area contributed by atoms with Gasteiger partial charge in [0, 0.05) is 19.3 Å². The first-order valence-corrected chi connectivity index (χ1v) is 7.74. The maximum absolute atomic E-state index is 5.44. The van der Waals surface area contributed by atoms with E-state index >= 15 is 0 Å². The van der Waals surface area contributed by atoms with Gasteiger partial charge in [-0.1, -0.05) is 31.2 Å². The molecule has 1 aliphatic carbocycles. The molecule has 2 rings (SSSR count). The first kappa shape index (κ1) is 14.5. The fraction of sp³-hybridized carbons (Fsp3) is 0.647. The van der Waals surface area contributed by atoms with Gasteiger partial charge in [-0.2, -0.15) is 0 Å². The second-order valence-corrected chi connectivity index (χ2v) is 5.43. The van der Waals surface area contributed by atoms with E-state index in [2.05, 4.69) is 43.4 Å². The Morgan fingerprint density at radius 2 is 2.16 bits per heavy atom. The molecule has 2 unspecified atom stereocenters. The van der Waals surface area contributed by atoms with Crippen molar-refractivity contribution in [2.24, 2.45) is 0 Å². The molecule has 2 atom stereocenters. The lowest BCUT2D eigenvalue weighted by atomic mass is 9.74. The number of benzene rings is 1. The molecule has 1 aliphatic rings. The number of rotatable bonds is 9. The highest BCUT2D eigenvalue weighted by Crippen LogP contribution is 2.38. The van der Waals surface area contributed by atoms with E-state index in [0.29, 0.717) is 6.04 Å². The van der Waals surface area contributed by atoms with Gasteiger partial charge in [-0.05, 0) is 56.2 Å². The molecule has 0 aromatic heterocycles. The van der Waals surface area contributed by atoms with Crippen molar-refractivity contribution in [2.45, 2.75) is 51.5 Å². The van der Waals surface area contributed by atoms with E-state index in [1.807, 2.05) is 0 Å². The molecule has 0 heterocycles. The third-order valence-electron chi connectivity index (χ3n) is 4.07. The molecule has 2 heteroatoms. The molecule has 19 heavy (non-hydrogen) atoms. The predicted molar refractivity (Wildman–Crippen MR) is 80.7 cm³/mol. The minimum absolute atomic E-state index is 0.642. The molecule has 0 fully saturated rings. The van der Waals surface area contributed by atoms with Crippen LogP contribution in [0.4, 0.5) is 0 Å². The summed E-state index contributed by atoms with van der Waals surface area (Å²) in [5.74, 6) is 0.771. The van der Waals surface area contributed by atoms with Crippen molar-refractivity contribution in [3.8, 4) is 0 Å². The summed E-state index contributed by atoms with van der Waals surface area (Å²) in [5, 5.41) is 3.63. The summed E-state index contributed by atoms with van der Waals surface area (Å²) in [6, 6.07) is 9.53. The van der Waals surface area contributed by atoms with E-state index in [0.717, 1.165) is 25.7 Å².